The SMILES string of the molecule is CCCC1CCC2OC3C(C(O)CCCC3(O)C(C)(O)C3CCC4(O)C5=C(NCC(C)O)C(=O)C6CC(O)C(O)CC67CC(C6=C(CCCO)NC(N)C=C6)C=CC(CC34C3CCCC3)C57)C2CC1. The van der Waals surface area contributed by atoms with Gasteiger partial charge in [-0.15, -0.1) is 0 Å². The van der Waals surface area contributed by atoms with Crippen LogP contribution in [0.3, 0.4) is 0 Å². The summed E-state index contributed by atoms with van der Waals surface area (Å²) in [7, 11) is 0. The molecule has 0 aromatic carbocycles. The summed E-state index contributed by atoms with van der Waals surface area (Å²) in [5.74, 6) is -2.16. The molecular weight excluding hydrogens is 875 g/mol. The van der Waals surface area contributed by atoms with E-state index in [0.29, 0.717) is 62.1 Å². The molecule has 6 saturated carbocycles. The molecular formula is C56H87N3O10. The Kier molecular flexibility index (Phi) is 13.8. The summed E-state index contributed by atoms with van der Waals surface area (Å²) in [6.07, 6.45) is 17.6. The van der Waals surface area contributed by atoms with Gasteiger partial charge in [0.05, 0.1) is 59.7 Å². The van der Waals surface area contributed by atoms with Crippen molar-refractivity contribution in [2.45, 2.75) is 215 Å². The van der Waals surface area contributed by atoms with Crippen molar-refractivity contribution in [3.05, 3.63) is 46.8 Å². The average molecular weight is 962 g/mol. The van der Waals surface area contributed by atoms with Crippen LogP contribution in [0.15, 0.2) is 46.8 Å². The van der Waals surface area contributed by atoms with Crippen molar-refractivity contribution in [1.82, 2.24) is 10.6 Å². The van der Waals surface area contributed by atoms with Gasteiger partial charge in [-0.25, -0.2) is 0 Å². The fourth-order valence-corrected chi connectivity index (χ4v) is 18.5. The molecule has 0 aromatic heterocycles. The lowest BCUT2D eigenvalue weighted by atomic mass is 9.39. The number of hydrogen-bond acceptors (Lipinski definition) is 13. The highest BCUT2D eigenvalue weighted by molar-refractivity contribution is 6.00. The second kappa shape index (κ2) is 19.0. The lowest BCUT2D eigenvalue weighted by molar-refractivity contribution is -0.265. The topological polar surface area (TPSA) is 238 Å². The first-order valence-electron chi connectivity index (χ1n) is 27.8. The number of hydrogen-bond donors (Lipinski definition) is 11. The van der Waals surface area contributed by atoms with Gasteiger partial charge in [-0.3, -0.25) is 4.79 Å². The van der Waals surface area contributed by atoms with E-state index in [4.69, 9.17) is 10.5 Å². The summed E-state index contributed by atoms with van der Waals surface area (Å²) in [5.41, 5.74) is 2.24. The number of Topliss-reactive ketones (excluding diaryl/α,β-unsaturated/α-hetero) is 1. The summed E-state index contributed by atoms with van der Waals surface area (Å²) in [5, 5.41) is 105. The third-order valence-corrected chi connectivity index (χ3v) is 21.2. The van der Waals surface area contributed by atoms with E-state index >= 15 is 4.79 Å². The highest BCUT2D eigenvalue weighted by Gasteiger charge is 2.78. The van der Waals surface area contributed by atoms with Gasteiger partial charge in [-0.2, -0.15) is 0 Å². The van der Waals surface area contributed by atoms with Gasteiger partial charge in [0.15, 0.2) is 5.78 Å². The maximum absolute atomic E-state index is 15.8. The molecule has 20 unspecified atom stereocenters. The number of ketones is 1. The van der Waals surface area contributed by atoms with E-state index < -0.39 is 82.1 Å². The molecule has 13 nitrogen and oxygen atoms in total. The second-order valence-electron chi connectivity index (χ2n) is 24.7. The number of dihydropyridines is 1. The molecule has 0 bridgehead atoms. The number of aliphatic hydroxyl groups is 8. The van der Waals surface area contributed by atoms with Crippen LogP contribution in [0.2, 0.25) is 0 Å². The van der Waals surface area contributed by atoms with Crippen LogP contribution in [0.1, 0.15) is 156 Å². The molecule has 13 heteroatoms. The minimum Gasteiger partial charge on any atom is -0.396 e. The summed E-state index contributed by atoms with van der Waals surface area (Å²) in [6, 6.07) is 0. The molecule has 12 N–H and O–H groups in total. The predicted molar refractivity (Wildman–Crippen MR) is 261 cm³/mol. The first-order valence-corrected chi connectivity index (χ1v) is 27.8. The lowest BCUT2D eigenvalue weighted by Gasteiger charge is -2.66. The molecule has 10 aliphatic rings. The van der Waals surface area contributed by atoms with Crippen molar-refractivity contribution in [3.63, 3.8) is 0 Å². The molecule has 2 heterocycles. The molecule has 69 heavy (non-hydrogen) atoms. The molecule has 20 atom stereocenters. The summed E-state index contributed by atoms with van der Waals surface area (Å²) >= 11 is 0. The lowest BCUT2D eigenvalue weighted by Crippen LogP contribution is -2.71. The van der Waals surface area contributed by atoms with Crippen LogP contribution in [0.4, 0.5) is 0 Å². The van der Waals surface area contributed by atoms with Gasteiger partial charge in [-0.1, -0.05) is 57.3 Å². The van der Waals surface area contributed by atoms with Crippen molar-refractivity contribution < 1.29 is 50.4 Å². The molecule has 1 saturated heterocycles. The van der Waals surface area contributed by atoms with Crippen LogP contribution < -0.4 is 16.4 Å². The van der Waals surface area contributed by atoms with Crippen molar-refractivity contribution in [3.8, 4) is 0 Å². The maximum atomic E-state index is 15.8. The largest absolute Gasteiger partial charge is 0.396 e. The number of fused-ring (bicyclic) bond motifs is 5. The molecule has 2 aliphatic heterocycles. The average Bonchev–Trinajstić information content (AvgIpc) is 3.97. The van der Waals surface area contributed by atoms with Gasteiger partial charge in [-0.05, 0) is 175 Å². The molecule has 0 aromatic rings. The highest BCUT2D eigenvalue weighted by atomic mass is 16.5. The molecule has 8 aliphatic carbocycles. The van der Waals surface area contributed by atoms with Gasteiger partial charge in [0.2, 0.25) is 0 Å². The summed E-state index contributed by atoms with van der Waals surface area (Å²) in [4.78, 5) is 15.8. The molecule has 0 radical (unpaired) electrons. The van der Waals surface area contributed by atoms with Crippen LogP contribution in [0, 0.1) is 64.1 Å². The molecule has 386 valence electrons. The molecule has 1 spiro atoms. The minimum atomic E-state index is -1.79. The van der Waals surface area contributed by atoms with E-state index in [0.717, 1.165) is 69.1 Å². The van der Waals surface area contributed by atoms with E-state index in [9.17, 15) is 40.9 Å². The first-order chi connectivity index (χ1) is 33.0. The Balaban J connectivity index is 1.14. The summed E-state index contributed by atoms with van der Waals surface area (Å²) in [6.45, 7) is 5.80. The van der Waals surface area contributed by atoms with Gasteiger partial charge in [0.25, 0.3) is 0 Å². The standard InChI is InChI=1S/C56H87N3O10/c1-4-9-32-14-18-37-43(20-15-32)69-51-46(37)40(62)13-7-23-56(51,68)52(3,66)44-22-24-55(67)48-47-34(28-54(44,55)35-10-5-6-11-35)17-16-33(36-19-21-45(57)59-39(36)12-8-25-60)27-53(47)29-42(64)41(63)26-38(53)50(65)49(48)58-30-31(2)61/h16-17,19,21,31-35,37-38,40-47,51,58-64,66-68H,4-15,18,20,22-30,57H2,1-3H3. The van der Waals surface area contributed by atoms with E-state index in [-0.39, 0.29) is 80.3 Å². The van der Waals surface area contributed by atoms with Gasteiger partial charge in [0, 0.05) is 42.0 Å². The van der Waals surface area contributed by atoms with E-state index in [1.807, 2.05) is 13.0 Å². The van der Waals surface area contributed by atoms with Gasteiger partial charge in [0.1, 0.15) is 5.60 Å². The van der Waals surface area contributed by atoms with Crippen LogP contribution >= 0.6 is 0 Å². The molecule has 0 amide bonds. The third-order valence-electron chi connectivity index (χ3n) is 21.2. The zero-order valence-corrected chi connectivity index (χ0v) is 41.8. The Bertz CT molecular complexity index is 2050. The highest BCUT2D eigenvalue weighted by Crippen LogP contribution is 2.76. The van der Waals surface area contributed by atoms with Crippen LogP contribution in [0.25, 0.3) is 0 Å². The monoisotopic (exact) mass is 962 g/mol. The van der Waals surface area contributed by atoms with Crippen molar-refractivity contribution >= 4 is 5.78 Å². The normalized spacial score (nSPS) is 47.7. The number of aliphatic hydroxyl groups excluding tert-OH is 5. The maximum Gasteiger partial charge on any atom is 0.182 e. The zero-order valence-electron chi connectivity index (χ0n) is 41.8. The number of carbonyl (C=O) groups is 1. The van der Waals surface area contributed by atoms with E-state index in [2.05, 4.69) is 35.8 Å². The quantitative estimate of drug-likeness (QED) is 0.117. The first kappa shape index (κ1) is 50.4. The molecule has 10 rings (SSSR count). The Labute approximate surface area is 410 Å². The second-order valence-corrected chi connectivity index (χ2v) is 24.7. The Morgan fingerprint density at radius 2 is 1.71 bits per heavy atom. The number of ether oxygens (including phenoxy) is 1. The van der Waals surface area contributed by atoms with Crippen molar-refractivity contribution in [2.75, 3.05) is 13.2 Å². The number of carbonyl (C=O) groups excluding carboxylic acids is 1. The van der Waals surface area contributed by atoms with Crippen LogP contribution in [-0.4, -0.2) is 119 Å². The fraction of sp³-hybridized carbons (Fsp3) is 0.839. The number of nitrogens with two attached hydrogens (primary N) is 1. The number of nitrogens with one attached hydrogen (secondary N) is 2. The van der Waals surface area contributed by atoms with Crippen molar-refractivity contribution in [1.29, 1.82) is 0 Å². The Hall–Kier alpha value is -2.17. The summed E-state index contributed by atoms with van der Waals surface area (Å²) < 4.78 is 7.13. The molecule has 7 fully saturated rings. The van der Waals surface area contributed by atoms with Crippen LogP contribution in [-0.2, 0) is 9.53 Å². The predicted octanol–water partition coefficient (Wildman–Crippen LogP) is 4.93. The van der Waals surface area contributed by atoms with E-state index in [1.165, 1.54) is 6.42 Å². The van der Waals surface area contributed by atoms with Crippen molar-refractivity contribution in [2.24, 2.45) is 69.8 Å². The third kappa shape index (κ3) is 7.85. The van der Waals surface area contributed by atoms with E-state index in [1.54, 1.807) is 6.92 Å². The smallest absolute Gasteiger partial charge is 0.182 e. The fourth-order valence-electron chi connectivity index (χ4n) is 18.5. The van der Waals surface area contributed by atoms with Gasteiger partial charge >= 0.3 is 0 Å². The Morgan fingerprint density at radius 3 is 2.45 bits per heavy atom. The zero-order chi connectivity index (χ0) is 48.8. The van der Waals surface area contributed by atoms with Gasteiger partial charge < -0.3 is 62.0 Å². The minimum absolute atomic E-state index is 0.0136. The number of allylic oxidation sites excluding steroid dienone is 6. The Morgan fingerprint density at radius 1 is 0.942 bits per heavy atom. The number of rotatable bonds is 12. The van der Waals surface area contributed by atoms with Crippen LogP contribution in [0.5, 0.6) is 0 Å².